The lowest BCUT2D eigenvalue weighted by molar-refractivity contribution is 0.309. The van der Waals surface area contributed by atoms with Crippen LogP contribution < -0.4 is 0 Å². The first-order valence-electron chi connectivity index (χ1n) is 7.89. The van der Waals surface area contributed by atoms with E-state index in [1.165, 1.54) is 5.56 Å². The van der Waals surface area contributed by atoms with Crippen LogP contribution in [0.4, 0.5) is 0 Å². The van der Waals surface area contributed by atoms with Crippen LogP contribution in [0.5, 0.6) is 0 Å². The Kier molecular flexibility index (Phi) is 3.86. The zero-order chi connectivity index (χ0) is 15.5. The average Bonchev–Trinajstić information content (AvgIpc) is 3.26. The monoisotopic (exact) mass is 306 g/mol. The Balaban J connectivity index is 1.43. The molecular formula is C18H18N4O. The van der Waals surface area contributed by atoms with Gasteiger partial charge in [0.05, 0.1) is 5.92 Å². The summed E-state index contributed by atoms with van der Waals surface area (Å²) in [5, 5.41) is 4.13. The van der Waals surface area contributed by atoms with Crippen LogP contribution in [0.15, 0.2) is 59.4 Å². The molecule has 0 saturated carbocycles. The highest BCUT2D eigenvalue weighted by Gasteiger charge is 2.28. The van der Waals surface area contributed by atoms with Crippen molar-refractivity contribution in [3.05, 3.63) is 66.3 Å². The van der Waals surface area contributed by atoms with Crippen LogP contribution in [-0.4, -0.2) is 33.1 Å². The van der Waals surface area contributed by atoms with Crippen LogP contribution in [0.2, 0.25) is 0 Å². The zero-order valence-corrected chi connectivity index (χ0v) is 12.8. The fourth-order valence-electron chi connectivity index (χ4n) is 3.03. The Morgan fingerprint density at radius 2 is 2.04 bits per heavy atom. The predicted octanol–water partition coefficient (Wildman–Crippen LogP) is 3.12. The van der Waals surface area contributed by atoms with Crippen LogP contribution in [0.1, 0.15) is 23.8 Å². The Hall–Kier alpha value is -2.53. The Morgan fingerprint density at radius 1 is 1.13 bits per heavy atom. The lowest BCUT2D eigenvalue weighted by atomic mass is 10.1. The summed E-state index contributed by atoms with van der Waals surface area (Å²) in [6.45, 7) is 2.91. The van der Waals surface area contributed by atoms with E-state index in [0.717, 1.165) is 37.5 Å². The van der Waals surface area contributed by atoms with E-state index in [0.29, 0.717) is 11.7 Å². The van der Waals surface area contributed by atoms with Crippen molar-refractivity contribution in [1.29, 1.82) is 0 Å². The van der Waals surface area contributed by atoms with E-state index in [9.17, 15) is 0 Å². The minimum atomic E-state index is 0.316. The van der Waals surface area contributed by atoms with Gasteiger partial charge >= 0.3 is 0 Å². The van der Waals surface area contributed by atoms with Crippen molar-refractivity contribution in [1.82, 2.24) is 20.0 Å². The van der Waals surface area contributed by atoms with Crippen molar-refractivity contribution >= 4 is 0 Å². The average molecular weight is 306 g/mol. The first kappa shape index (κ1) is 14.1. The van der Waals surface area contributed by atoms with Crippen molar-refractivity contribution in [2.75, 3.05) is 13.1 Å². The van der Waals surface area contributed by atoms with E-state index in [4.69, 9.17) is 4.52 Å². The number of benzene rings is 1. The number of nitrogens with zero attached hydrogens (tertiary/aromatic N) is 4. The third-order valence-electron chi connectivity index (χ3n) is 4.22. The van der Waals surface area contributed by atoms with Crippen LogP contribution in [-0.2, 0) is 6.54 Å². The van der Waals surface area contributed by atoms with Gasteiger partial charge in [-0.3, -0.25) is 9.88 Å². The fraction of sp³-hybridized carbons (Fsp3) is 0.278. The molecule has 1 saturated heterocycles. The van der Waals surface area contributed by atoms with E-state index in [-0.39, 0.29) is 0 Å². The normalized spacial score (nSPS) is 18.3. The smallest absolute Gasteiger partial charge is 0.231 e. The van der Waals surface area contributed by atoms with Crippen molar-refractivity contribution in [3.8, 4) is 11.4 Å². The molecule has 1 atom stereocenters. The van der Waals surface area contributed by atoms with E-state index < -0.39 is 0 Å². The fourth-order valence-corrected chi connectivity index (χ4v) is 3.03. The van der Waals surface area contributed by atoms with Gasteiger partial charge in [0.15, 0.2) is 0 Å². The van der Waals surface area contributed by atoms with Gasteiger partial charge in [0, 0.05) is 31.0 Å². The lowest BCUT2D eigenvalue weighted by Crippen LogP contribution is -2.19. The second-order valence-corrected chi connectivity index (χ2v) is 5.90. The highest BCUT2D eigenvalue weighted by atomic mass is 16.5. The van der Waals surface area contributed by atoms with Crippen molar-refractivity contribution < 1.29 is 4.52 Å². The summed E-state index contributed by atoms with van der Waals surface area (Å²) in [5.74, 6) is 1.74. The molecule has 1 fully saturated rings. The minimum Gasteiger partial charge on any atom is -0.339 e. The standard InChI is InChI=1S/C18H18N4O/c1-2-6-15(7-3-1)17-20-18(23-21-17)16-8-10-22(13-16)12-14-5-4-9-19-11-14/h1-7,9,11,16H,8,10,12-13H2/t16-/m1/s1. The Morgan fingerprint density at radius 3 is 2.87 bits per heavy atom. The van der Waals surface area contributed by atoms with Gasteiger partial charge in [0.25, 0.3) is 0 Å². The molecule has 5 nitrogen and oxygen atoms in total. The lowest BCUT2D eigenvalue weighted by Gasteiger charge is -2.14. The summed E-state index contributed by atoms with van der Waals surface area (Å²) in [4.78, 5) is 11.2. The summed E-state index contributed by atoms with van der Waals surface area (Å²) < 4.78 is 5.50. The largest absolute Gasteiger partial charge is 0.339 e. The zero-order valence-electron chi connectivity index (χ0n) is 12.8. The summed E-state index contributed by atoms with van der Waals surface area (Å²) in [7, 11) is 0. The quantitative estimate of drug-likeness (QED) is 0.741. The van der Waals surface area contributed by atoms with E-state index >= 15 is 0 Å². The molecule has 3 heterocycles. The van der Waals surface area contributed by atoms with Gasteiger partial charge in [0.1, 0.15) is 0 Å². The maximum absolute atomic E-state index is 5.50. The molecule has 1 aliphatic heterocycles. The van der Waals surface area contributed by atoms with E-state index in [1.807, 2.05) is 42.6 Å². The number of pyridine rings is 1. The van der Waals surface area contributed by atoms with Gasteiger partial charge in [-0.25, -0.2) is 0 Å². The first-order valence-corrected chi connectivity index (χ1v) is 7.89. The molecule has 0 aliphatic carbocycles. The second kappa shape index (κ2) is 6.30. The molecule has 2 aromatic heterocycles. The Bertz CT molecular complexity index is 757. The van der Waals surface area contributed by atoms with Crippen LogP contribution in [0, 0.1) is 0 Å². The molecule has 0 unspecified atom stereocenters. The molecule has 5 heteroatoms. The first-order chi connectivity index (χ1) is 11.4. The highest BCUT2D eigenvalue weighted by molar-refractivity contribution is 5.53. The molecule has 116 valence electrons. The van der Waals surface area contributed by atoms with Gasteiger partial charge in [-0.2, -0.15) is 4.98 Å². The minimum absolute atomic E-state index is 0.316. The molecular weight excluding hydrogens is 288 g/mol. The van der Waals surface area contributed by atoms with Gasteiger partial charge in [-0.15, -0.1) is 0 Å². The third-order valence-corrected chi connectivity index (χ3v) is 4.22. The molecule has 23 heavy (non-hydrogen) atoms. The van der Waals surface area contributed by atoms with Crippen molar-refractivity contribution in [2.45, 2.75) is 18.9 Å². The van der Waals surface area contributed by atoms with E-state index in [1.54, 1.807) is 6.20 Å². The molecule has 3 aromatic rings. The molecule has 0 radical (unpaired) electrons. The number of rotatable bonds is 4. The van der Waals surface area contributed by atoms with E-state index in [2.05, 4.69) is 26.1 Å². The summed E-state index contributed by atoms with van der Waals surface area (Å²) >= 11 is 0. The predicted molar refractivity (Wildman–Crippen MR) is 86.6 cm³/mol. The number of hydrogen-bond acceptors (Lipinski definition) is 5. The summed E-state index contributed by atoms with van der Waals surface area (Å²) in [5.41, 5.74) is 2.23. The van der Waals surface area contributed by atoms with Gasteiger partial charge in [0.2, 0.25) is 11.7 Å². The number of likely N-dealkylation sites (tertiary alicyclic amines) is 1. The SMILES string of the molecule is c1ccc(-c2noc([C@@H]3CCN(Cc4cccnc4)C3)n2)cc1. The third kappa shape index (κ3) is 3.14. The molecule has 0 bridgehead atoms. The van der Waals surface area contributed by atoms with Crippen LogP contribution in [0.3, 0.4) is 0 Å². The molecule has 4 rings (SSSR count). The summed E-state index contributed by atoms with van der Waals surface area (Å²) in [6, 6.07) is 14.0. The maximum Gasteiger partial charge on any atom is 0.231 e. The highest BCUT2D eigenvalue weighted by Crippen LogP contribution is 2.28. The topological polar surface area (TPSA) is 55.1 Å². The molecule has 0 amide bonds. The van der Waals surface area contributed by atoms with Crippen LogP contribution >= 0.6 is 0 Å². The van der Waals surface area contributed by atoms with Crippen LogP contribution in [0.25, 0.3) is 11.4 Å². The summed E-state index contributed by atoms with van der Waals surface area (Å²) in [6.07, 6.45) is 4.78. The van der Waals surface area contributed by atoms with Gasteiger partial charge in [-0.1, -0.05) is 41.6 Å². The molecule has 1 aromatic carbocycles. The van der Waals surface area contributed by atoms with Crippen molar-refractivity contribution in [2.24, 2.45) is 0 Å². The number of aromatic nitrogens is 3. The second-order valence-electron chi connectivity index (χ2n) is 5.90. The van der Waals surface area contributed by atoms with Crippen molar-refractivity contribution in [3.63, 3.8) is 0 Å². The van der Waals surface area contributed by atoms with Gasteiger partial charge < -0.3 is 4.52 Å². The maximum atomic E-state index is 5.50. The molecule has 1 aliphatic rings. The van der Waals surface area contributed by atoms with Gasteiger partial charge in [-0.05, 0) is 24.6 Å². The molecule has 0 N–H and O–H groups in total. The molecule has 0 spiro atoms. The number of hydrogen-bond donors (Lipinski definition) is 0. The Labute approximate surface area is 135 Å².